The number of fused-ring (bicyclic) bond motifs is 3. The first-order valence-corrected chi connectivity index (χ1v) is 10.6. The van der Waals surface area contributed by atoms with E-state index in [9.17, 15) is 9.59 Å². The van der Waals surface area contributed by atoms with E-state index in [0.717, 1.165) is 4.47 Å². The molecule has 6 nitrogen and oxygen atoms in total. The summed E-state index contributed by atoms with van der Waals surface area (Å²) >= 11 is 4.70. The number of hydrogen-bond donors (Lipinski definition) is 0. The van der Waals surface area contributed by atoms with Crippen molar-refractivity contribution in [3.8, 4) is 0 Å². The molecule has 0 amide bonds. The summed E-state index contributed by atoms with van der Waals surface area (Å²) in [6.45, 7) is 5.90. The van der Waals surface area contributed by atoms with Crippen LogP contribution in [-0.4, -0.2) is 30.2 Å². The van der Waals surface area contributed by atoms with Crippen LogP contribution in [0.25, 0.3) is 16.7 Å². The third-order valence-electron chi connectivity index (χ3n) is 4.57. The lowest BCUT2D eigenvalue weighted by Gasteiger charge is -2.12. The number of benzene rings is 2. The topological polar surface area (TPSA) is 69.3 Å². The maximum Gasteiger partial charge on any atom is 0.263 e. The summed E-state index contributed by atoms with van der Waals surface area (Å²) in [4.78, 5) is 25.7. The van der Waals surface area contributed by atoms with Crippen molar-refractivity contribution in [2.24, 2.45) is 0 Å². The van der Waals surface area contributed by atoms with Crippen LogP contribution in [0.3, 0.4) is 0 Å². The Bertz CT molecular complexity index is 1290. The summed E-state index contributed by atoms with van der Waals surface area (Å²) in [6.07, 6.45) is 1.65. The first kappa shape index (κ1) is 19.6. The molecule has 0 aliphatic heterocycles. The lowest BCUT2D eigenvalue weighted by Crippen LogP contribution is -2.23. The van der Waals surface area contributed by atoms with Gasteiger partial charge in [-0.15, -0.1) is 16.8 Å². The maximum absolute atomic E-state index is 12.9. The van der Waals surface area contributed by atoms with Crippen LogP contribution in [0.2, 0.25) is 0 Å². The molecular weight excluding hydrogens is 452 g/mol. The molecule has 0 saturated carbocycles. The molecule has 0 N–H and O–H groups in total. The number of Topliss-reactive ketones (excluding diaryl/α,β-unsaturated/α-hetero) is 1. The van der Waals surface area contributed by atoms with E-state index >= 15 is 0 Å². The van der Waals surface area contributed by atoms with E-state index in [4.69, 9.17) is 0 Å². The molecule has 4 aromatic rings. The fourth-order valence-corrected chi connectivity index (χ4v) is 4.36. The number of aromatic nitrogens is 4. The van der Waals surface area contributed by atoms with Gasteiger partial charge in [0.25, 0.3) is 5.56 Å². The van der Waals surface area contributed by atoms with Crippen LogP contribution in [0.1, 0.15) is 17.3 Å². The van der Waals surface area contributed by atoms with Gasteiger partial charge in [-0.3, -0.25) is 18.6 Å². The van der Waals surface area contributed by atoms with Crippen molar-refractivity contribution in [2.75, 3.05) is 0 Å². The maximum atomic E-state index is 12.9. The molecule has 0 fully saturated rings. The molecule has 29 heavy (non-hydrogen) atoms. The van der Waals surface area contributed by atoms with Gasteiger partial charge < -0.3 is 0 Å². The SMILES string of the molecule is C=CCn1c(=O)c2ccccc2n2c(SC(C)C(=O)c3ccc(Br)cc3)nnc12. The summed E-state index contributed by atoms with van der Waals surface area (Å²) < 4.78 is 4.29. The van der Waals surface area contributed by atoms with Crippen molar-refractivity contribution in [1.82, 2.24) is 19.2 Å². The summed E-state index contributed by atoms with van der Waals surface area (Å²) in [5, 5.41) is 9.27. The minimum absolute atomic E-state index is 0.00275. The lowest BCUT2D eigenvalue weighted by atomic mass is 10.1. The predicted molar refractivity (Wildman–Crippen MR) is 119 cm³/mol. The van der Waals surface area contributed by atoms with Crippen molar-refractivity contribution in [3.63, 3.8) is 0 Å². The van der Waals surface area contributed by atoms with Crippen LogP contribution in [0, 0.1) is 0 Å². The van der Waals surface area contributed by atoms with Gasteiger partial charge in [0, 0.05) is 16.6 Å². The van der Waals surface area contributed by atoms with Crippen LogP contribution in [0.4, 0.5) is 0 Å². The minimum atomic E-state index is -0.373. The smallest absolute Gasteiger partial charge is 0.263 e. The molecule has 2 aromatic heterocycles. The number of nitrogens with zero attached hydrogens (tertiary/aromatic N) is 4. The van der Waals surface area contributed by atoms with Crippen LogP contribution in [0.5, 0.6) is 0 Å². The van der Waals surface area contributed by atoms with Gasteiger partial charge in [-0.25, -0.2) is 0 Å². The van der Waals surface area contributed by atoms with Gasteiger partial charge in [0.2, 0.25) is 5.78 Å². The molecular formula is C21H17BrN4O2S. The quantitative estimate of drug-likeness (QED) is 0.239. The first-order valence-electron chi connectivity index (χ1n) is 8.95. The second kappa shape index (κ2) is 7.96. The standard InChI is InChI=1S/C21H17BrN4O2S/c1-3-12-25-19(28)16-6-4-5-7-17(16)26-20(25)23-24-21(26)29-13(2)18(27)14-8-10-15(22)11-9-14/h3-11,13H,1,12H2,2H3. The van der Waals surface area contributed by atoms with Gasteiger partial charge in [0.1, 0.15) is 0 Å². The number of carbonyl (C=O) groups is 1. The van der Waals surface area contributed by atoms with E-state index in [-0.39, 0.29) is 16.6 Å². The van der Waals surface area contributed by atoms with Gasteiger partial charge in [-0.1, -0.05) is 58.0 Å². The molecule has 2 aromatic carbocycles. The molecule has 8 heteroatoms. The summed E-state index contributed by atoms with van der Waals surface area (Å²) in [7, 11) is 0. The number of allylic oxidation sites excluding steroid dienone is 1. The highest BCUT2D eigenvalue weighted by atomic mass is 79.9. The molecule has 0 radical (unpaired) electrons. The lowest BCUT2D eigenvalue weighted by molar-refractivity contribution is 0.0994. The minimum Gasteiger partial charge on any atom is -0.293 e. The number of hydrogen-bond acceptors (Lipinski definition) is 5. The Morgan fingerprint density at radius 2 is 1.93 bits per heavy atom. The molecule has 4 rings (SSSR count). The van der Waals surface area contributed by atoms with Gasteiger partial charge in [0.15, 0.2) is 10.9 Å². The molecule has 0 bridgehead atoms. The van der Waals surface area contributed by atoms with E-state index in [1.807, 2.05) is 41.7 Å². The number of carbonyl (C=O) groups excluding carboxylic acids is 1. The highest BCUT2D eigenvalue weighted by molar-refractivity contribution is 9.10. The zero-order valence-electron chi connectivity index (χ0n) is 15.6. The third kappa shape index (κ3) is 3.54. The molecule has 1 atom stereocenters. The fourth-order valence-electron chi connectivity index (χ4n) is 3.16. The van der Waals surface area contributed by atoms with E-state index in [0.29, 0.717) is 33.9 Å². The first-order chi connectivity index (χ1) is 14.0. The van der Waals surface area contributed by atoms with Crippen molar-refractivity contribution in [1.29, 1.82) is 0 Å². The fraction of sp³-hybridized carbons (Fsp3) is 0.143. The molecule has 0 aliphatic rings. The Morgan fingerprint density at radius 3 is 2.66 bits per heavy atom. The normalized spacial score (nSPS) is 12.3. The van der Waals surface area contributed by atoms with Crippen LogP contribution >= 0.6 is 27.7 Å². The molecule has 0 saturated heterocycles. The number of rotatable bonds is 6. The van der Waals surface area contributed by atoms with E-state index in [1.165, 1.54) is 16.3 Å². The Morgan fingerprint density at radius 1 is 1.21 bits per heavy atom. The summed E-state index contributed by atoms with van der Waals surface area (Å²) in [5.41, 5.74) is 1.20. The average Bonchev–Trinajstić information content (AvgIpc) is 3.14. The Hall–Kier alpha value is -2.71. The van der Waals surface area contributed by atoms with Crippen molar-refractivity contribution < 1.29 is 4.79 Å². The van der Waals surface area contributed by atoms with Crippen LogP contribution in [0.15, 0.2) is 75.6 Å². The molecule has 146 valence electrons. The molecule has 2 heterocycles. The Labute approximate surface area is 179 Å². The van der Waals surface area contributed by atoms with Gasteiger partial charge in [0.05, 0.1) is 16.2 Å². The Balaban J connectivity index is 1.80. The highest BCUT2D eigenvalue weighted by Gasteiger charge is 2.22. The van der Waals surface area contributed by atoms with Gasteiger partial charge in [-0.05, 0) is 31.2 Å². The van der Waals surface area contributed by atoms with E-state index in [2.05, 4.69) is 32.7 Å². The average molecular weight is 469 g/mol. The molecule has 0 aliphatic carbocycles. The number of halogens is 1. The number of ketones is 1. The van der Waals surface area contributed by atoms with Crippen molar-refractivity contribution >= 4 is 50.2 Å². The predicted octanol–water partition coefficient (Wildman–Crippen LogP) is 4.36. The monoisotopic (exact) mass is 468 g/mol. The number of thioether (sulfide) groups is 1. The van der Waals surface area contributed by atoms with E-state index < -0.39 is 0 Å². The third-order valence-corrected chi connectivity index (χ3v) is 6.14. The van der Waals surface area contributed by atoms with Crippen molar-refractivity contribution in [2.45, 2.75) is 23.9 Å². The second-order valence-corrected chi connectivity index (χ2v) is 8.69. The zero-order valence-corrected chi connectivity index (χ0v) is 18.0. The summed E-state index contributed by atoms with van der Waals surface area (Å²) in [5.74, 6) is 0.433. The molecule has 1 unspecified atom stereocenters. The van der Waals surface area contributed by atoms with Gasteiger partial charge >= 0.3 is 0 Å². The number of para-hydroxylation sites is 1. The van der Waals surface area contributed by atoms with E-state index in [1.54, 1.807) is 24.3 Å². The van der Waals surface area contributed by atoms with Crippen molar-refractivity contribution in [3.05, 3.63) is 81.6 Å². The largest absolute Gasteiger partial charge is 0.293 e. The van der Waals surface area contributed by atoms with Gasteiger partial charge in [-0.2, -0.15) is 0 Å². The highest BCUT2D eigenvalue weighted by Crippen LogP contribution is 2.27. The Kier molecular flexibility index (Phi) is 5.38. The zero-order chi connectivity index (χ0) is 20.5. The summed E-state index contributed by atoms with van der Waals surface area (Å²) in [6, 6.07) is 14.6. The molecule has 0 spiro atoms. The second-order valence-electron chi connectivity index (χ2n) is 6.47. The van der Waals surface area contributed by atoms with Crippen LogP contribution in [-0.2, 0) is 6.54 Å². The van der Waals surface area contributed by atoms with Crippen LogP contribution < -0.4 is 5.56 Å².